The van der Waals surface area contributed by atoms with Gasteiger partial charge in [0.2, 0.25) is 0 Å². The maximum absolute atomic E-state index is 8.67. The molecule has 5 rings (SSSR count). The van der Waals surface area contributed by atoms with Crippen molar-refractivity contribution in [1.82, 2.24) is 4.98 Å². The first-order chi connectivity index (χ1) is 17.7. The van der Waals surface area contributed by atoms with Crippen molar-refractivity contribution >= 4 is 67.1 Å². The first-order valence-corrected chi connectivity index (χ1v) is 13.3. The number of nitrogens with one attached hydrogen (secondary N) is 1. The molecule has 0 atom stereocenters. The molecule has 4 aromatic carbocycles. The normalized spacial score (nSPS) is 9.74. The number of halogens is 2. The summed E-state index contributed by atoms with van der Waals surface area (Å²) < 4.78 is 0.892. The van der Waals surface area contributed by atoms with E-state index in [-0.39, 0.29) is 7.43 Å². The SMILES string of the molecule is C.Cc1ccc(-c2cc3ccccc3[nH]2)cc1.Cc1ccc(B(O)O)cc1.Nc1ccccc1C=C(Br)Br. The number of para-hydroxylation sites is 2. The molecule has 7 heteroatoms. The van der Waals surface area contributed by atoms with Crippen LogP contribution in [0.15, 0.2) is 107 Å². The molecule has 0 aliphatic heterocycles. The van der Waals surface area contributed by atoms with Gasteiger partial charge >= 0.3 is 7.12 Å². The number of nitrogens with two attached hydrogens (primary N) is 1. The van der Waals surface area contributed by atoms with Crippen molar-refractivity contribution in [3.8, 4) is 11.3 Å². The maximum atomic E-state index is 8.67. The summed E-state index contributed by atoms with van der Waals surface area (Å²) in [5.41, 5.74) is 14.0. The van der Waals surface area contributed by atoms with E-state index in [0.717, 1.165) is 20.2 Å². The highest BCUT2D eigenvalue weighted by molar-refractivity contribution is 9.28. The van der Waals surface area contributed by atoms with Crippen LogP contribution in [-0.4, -0.2) is 22.2 Å². The van der Waals surface area contributed by atoms with Crippen LogP contribution in [0.1, 0.15) is 24.1 Å². The number of aryl methyl sites for hydroxylation is 2. The molecule has 1 heterocycles. The van der Waals surface area contributed by atoms with E-state index in [2.05, 4.69) is 98.4 Å². The Balaban J connectivity index is 0.000000206. The summed E-state index contributed by atoms with van der Waals surface area (Å²) in [5.74, 6) is 0. The summed E-state index contributed by atoms with van der Waals surface area (Å²) in [5, 5.41) is 18.6. The third-order valence-corrected chi connectivity index (χ3v) is 5.99. The highest BCUT2D eigenvalue weighted by atomic mass is 79.9. The lowest BCUT2D eigenvalue weighted by molar-refractivity contribution is 0.426. The lowest BCUT2D eigenvalue weighted by atomic mass is 9.80. The van der Waals surface area contributed by atoms with E-state index in [1.54, 1.807) is 12.1 Å². The molecule has 0 saturated carbocycles. The number of hydrogen-bond acceptors (Lipinski definition) is 3. The maximum Gasteiger partial charge on any atom is 0.488 e. The predicted octanol–water partition coefficient (Wildman–Crippen LogP) is 7.81. The van der Waals surface area contributed by atoms with Crippen molar-refractivity contribution in [2.24, 2.45) is 0 Å². The molecule has 5 N–H and O–H groups in total. The van der Waals surface area contributed by atoms with Gasteiger partial charge in [-0.05, 0) is 86.6 Å². The van der Waals surface area contributed by atoms with Crippen molar-refractivity contribution in [1.29, 1.82) is 0 Å². The Morgan fingerprint density at radius 2 is 1.34 bits per heavy atom. The van der Waals surface area contributed by atoms with Crippen molar-refractivity contribution in [2.75, 3.05) is 5.73 Å². The molecule has 5 aromatic rings. The number of aromatic amines is 1. The third kappa shape index (κ3) is 9.65. The number of anilines is 1. The van der Waals surface area contributed by atoms with Gasteiger partial charge in [0.1, 0.15) is 0 Å². The van der Waals surface area contributed by atoms with Crippen molar-refractivity contribution < 1.29 is 10.0 Å². The Bertz CT molecular complexity index is 1410. The number of H-pyrrole nitrogens is 1. The standard InChI is InChI=1S/C15H13N.C8H7Br2N.C7H9BO2.CH4/c1-11-6-8-12(9-7-11)15-10-13-4-2-3-5-14(13)16-15;9-8(10)5-6-3-1-2-4-7(6)11;1-6-2-4-7(5-3-6)8(9)10;/h2-10,16H,1H3;1-5H,11H2;2-5,9-10H,1H3;1H4. The Kier molecular flexibility index (Phi) is 12.6. The van der Waals surface area contributed by atoms with Gasteiger partial charge in [0.15, 0.2) is 0 Å². The molecule has 0 aliphatic carbocycles. The van der Waals surface area contributed by atoms with E-state index in [4.69, 9.17) is 15.8 Å². The summed E-state index contributed by atoms with van der Waals surface area (Å²) in [7, 11) is -1.35. The quantitative estimate of drug-likeness (QED) is 0.121. The molecule has 0 spiro atoms. The number of hydrogen-bond donors (Lipinski definition) is 4. The molecule has 4 nitrogen and oxygen atoms in total. The van der Waals surface area contributed by atoms with Crippen LogP contribution in [0.5, 0.6) is 0 Å². The Morgan fingerprint density at radius 3 is 1.89 bits per heavy atom. The van der Waals surface area contributed by atoms with E-state index in [1.807, 2.05) is 49.4 Å². The monoisotopic (exact) mass is 634 g/mol. The molecule has 0 bridgehead atoms. The number of fused-ring (bicyclic) bond motifs is 1. The summed E-state index contributed by atoms with van der Waals surface area (Å²) in [6, 6.07) is 33.9. The Morgan fingerprint density at radius 1 is 0.789 bits per heavy atom. The van der Waals surface area contributed by atoms with E-state index in [0.29, 0.717) is 5.46 Å². The minimum atomic E-state index is -1.35. The van der Waals surface area contributed by atoms with Crippen LogP contribution in [0, 0.1) is 13.8 Å². The molecule has 0 amide bonds. The second-order valence-electron chi connectivity index (χ2n) is 8.48. The zero-order chi connectivity index (χ0) is 26.8. The lowest BCUT2D eigenvalue weighted by Crippen LogP contribution is -2.29. The van der Waals surface area contributed by atoms with Crippen molar-refractivity contribution in [3.63, 3.8) is 0 Å². The summed E-state index contributed by atoms with van der Waals surface area (Å²) in [4.78, 5) is 3.43. The van der Waals surface area contributed by atoms with Gasteiger partial charge in [-0.15, -0.1) is 0 Å². The van der Waals surface area contributed by atoms with Gasteiger partial charge in [0.25, 0.3) is 0 Å². The molecule has 196 valence electrons. The molecule has 0 saturated heterocycles. The van der Waals surface area contributed by atoms with Crippen LogP contribution >= 0.6 is 31.9 Å². The molecule has 0 unspecified atom stereocenters. The average molecular weight is 636 g/mol. The van der Waals surface area contributed by atoms with Crippen LogP contribution in [0.3, 0.4) is 0 Å². The molecule has 0 fully saturated rings. The van der Waals surface area contributed by atoms with Gasteiger partial charge < -0.3 is 20.8 Å². The van der Waals surface area contributed by atoms with Gasteiger partial charge in [-0.1, -0.05) is 103 Å². The fourth-order valence-electron chi connectivity index (χ4n) is 3.46. The Labute approximate surface area is 242 Å². The second kappa shape index (κ2) is 15.3. The van der Waals surface area contributed by atoms with Crippen molar-refractivity contribution in [3.05, 3.63) is 123 Å². The van der Waals surface area contributed by atoms with E-state index in [1.165, 1.54) is 27.7 Å². The van der Waals surface area contributed by atoms with Crippen LogP contribution in [0.2, 0.25) is 0 Å². The molecular formula is C31H33BBr2N2O2. The fourth-order valence-corrected chi connectivity index (χ4v) is 3.95. The van der Waals surface area contributed by atoms with Crippen LogP contribution < -0.4 is 11.2 Å². The molecule has 0 radical (unpaired) electrons. The van der Waals surface area contributed by atoms with Gasteiger partial charge in [0.05, 0.1) is 3.39 Å². The fraction of sp³-hybridized carbons (Fsp3) is 0.0968. The van der Waals surface area contributed by atoms with E-state index in [9.17, 15) is 0 Å². The minimum absolute atomic E-state index is 0. The van der Waals surface area contributed by atoms with Crippen LogP contribution in [-0.2, 0) is 0 Å². The third-order valence-electron chi connectivity index (χ3n) is 5.53. The zero-order valence-corrected chi connectivity index (χ0v) is 23.9. The summed E-state index contributed by atoms with van der Waals surface area (Å²) in [6.07, 6.45) is 1.91. The first-order valence-electron chi connectivity index (χ1n) is 11.7. The number of rotatable bonds is 3. The van der Waals surface area contributed by atoms with E-state index >= 15 is 0 Å². The molecule has 1 aromatic heterocycles. The second-order valence-corrected chi connectivity index (χ2v) is 11.3. The highest BCUT2D eigenvalue weighted by Gasteiger charge is 2.08. The Hall–Kier alpha value is -3.10. The number of aromatic nitrogens is 1. The average Bonchev–Trinajstić information content (AvgIpc) is 3.31. The number of nitrogen functional groups attached to an aromatic ring is 1. The summed E-state index contributed by atoms with van der Waals surface area (Å²) in [6.45, 7) is 4.06. The lowest BCUT2D eigenvalue weighted by Gasteiger charge is -1.97. The molecule has 0 aliphatic rings. The minimum Gasteiger partial charge on any atom is -0.423 e. The summed E-state index contributed by atoms with van der Waals surface area (Å²) >= 11 is 6.53. The van der Waals surface area contributed by atoms with Crippen molar-refractivity contribution in [2.45, 2.75) is 21.3 Å². The smallest absolute Gasteiger partial charge is 0.423 e. The molecule has 38 heavy (non-hydrogen) atoms. The zero-order valence-electron chi connectivity index (χ0n) is 20.7. The van der Waals surface area contributed by atoms with Crippen LogP contribution in [0.4, 0.5) is 5.69 Å². The van der Waals surface area contributed by atoms with Gasteiger partial charge in [-0.3, -0.25) is 0 Å². The predicted molar refractivity (Wildman–Crippen MR) is 173 cm³/mol. The molecular weight excluding hydrogens is 603 g/mol. The highest BCUT2D eigenvalue weighted by Crippen LogP contribution is 2.24. The largest absolute Gasteiger partial charge is 0.488 e. The topological polar surface area (TPSA) is 82.3 Å². The number of benzene rings is 4. The van der Waals surface area contributed by atoms with Gasteiger partial charge in [-0.2, -0.15) is 0 Å². The van der Waals surface area contributed by atoms with E-state index < -0.39 is 7.12 Å². The van der Waals surface area contributed by atoms with Gasteiger partial charge in [0, 0.05) is 22.3 Å². The van der Waals surface area contributed by atoms with Crippen LogP contribution in [0.25, 0.3) is 28.2 Å². The van der Waals surface area contributed by atoms with Gasteiger partial charge in [-0.25, -0.2) is 0 Å². The first kappa shape index (κ1) is 31.1.